The van der Waals surface area contributed by atoms with Gasteiger partial charge in [-0.2, -0.15) is 0 Å². The highest BCUT2D eigenvalue weighted by Gasteiger charge is 2.46. The van der Waals surface area contributed by atoms with Crippen LogP contribution < -0.4 is 0 Å². The van der Waals surface area contributed by atoms with E-state index in [1.807, 2.05) is 6.92 Å². The van der Waals surface area contributed by atoms with Crippen LogP contribution in [0, 0.1) is 5.41 Å². The molecule has 1 aliphatic carbocycles. The largest absolute Gasteiger partial charge is 0.481 e. The number of ether oxygens (including phenoxy) is 1. The van der Waals surface area contributed by atoms with Crippen LogP contribution in [-0.2, 0) is 9.53 Å². The Labute approximate surface area is 72.7 Å². The van der Waals surface area contributed by atoms with E-state index in [9.17, 15) is 4.79 Å². The second-order valence-electron chi connectivity index (χ2n) is 3.55. The molecule has 0 radical (unpaired) electrons. The molecule has 0 amide bonds. The second-order valence-corrected chi connectivity index (χ2v) is 3.55. The summed E-state index contributed by atoms with van der Waals surface area (Å²) in [5.41, 5.74) is -0.602. The van der Waals surface area contributed by atoms with Gasteiger partial charge in [0.2, 0.25) is 0 Å². The van der Waals surface area contributed by atoms with Crippen LogP contribution >= 0.6 is 0 Å². The van der Waals surface area contributed by atoms with Gasteiger partial charge in [-0.15, -0.1) is 0 Å². The van der Waals surface area contributed by atoms with E-state index in [0.717, 1.165) is 25.7 Å². The molecule has 3 nitrogen and oxygen atoms in total. The lowest BCUT2D eigenvalue weighted by molar-refractivity contribution is -0.156. The second kappa shape index (κ2) is 3.44. The van der Waals surface area contributed by atoms with Gasteiger partial charge in [0, 0.05) is 7.11 Å². The maximum absolute atomic E-state index is 11.0. The summed E-state index contributed by atoms with van der Waals surface area (Å²) in [6.45, 7) is 1.85. The molecular weight excluding hydrogens is 156 g/mol. The van der Waals surface area contributed by atoms with Crippen molar-refractivity contribution in [2.75, 3.05) is 7.11 Å². The van der Waals surface area contributed by atoms with Crippen LogP contribution in [0.3, 0.4) is 0 Å². The Morgan fingerprint density at radius 2 is 2.00 bits per heavy atom. The van der Waals surface area contributed by atoms with Crippen molar-refractivity contribution in [2.24, 2.45) is 5.41 Å². The Balaban J connectivity index is 2.78. The predicted octanol–water partition coefficient (Wildman–Crippen LogP) is 1.67. The number of carbonyl (C=O) groups is 1. The van der Waals surface area contributed by atoms with Crippen molar-refractivity contribution in [2.45, 2.75) is 38.7 Å². The van der Waals surface area contributed by atoms with E-state index in [4.69, 9.17) is 9.84 Å². The highest BCUT2D eigenvalue weighted by Crippen LogP contribution is 2.42. The zero-order valence-electron chi connectivity index (χ0n) is 7.67. The van der Waals surface area contributed by atoms with E-state index in [0.29, 0.717) is 0 Å². The van der Waals surface area contributed by atoms with Gasteiger partial charge in [-0.05, 0) is 19.8 Å². The minimum atomic E-state index is -0.700. The highest BCUT2D eigenvalue weighted by molar-refractivity contribution is 5.75. The Bertz CT molecular complexity index is 171. The van der Waals surface area contributed by atoms with Gasteiger partial charge in [-0.3, -0.25) is 4.79 Å². The Kier molecular flexibility index (Phi) is 2.73. The zero-order chi connectivity index (χ0) is 9.19. The van der Waals surface area contributed by atoms with Crippen molar-refractivity contribution in [3.8, 4) is 0 Å². The van der Waals surface area contributed by atoms with Crippen molar-refractivity contribution in [1.82, 2.24) is 0 Å². The third-order valence-corrected chi connectivity index (χ3v) is 3.05. The third kappa shape index (κ3) is 1.33. The van der Waals surface area contributed by atoms with Gasteiger partial charge >= 0.3 is 5.97 Å². The van der Waals surface area contributed by atoms with Crippen LogP contribution in [0.15, 0.2) is 0 Å². The molecule has 0 saturated heterocycles. The summed E-state index contributed by atoms with van der Waals surface area (Å²) in [5.74, 6) is -0.700. The minimum Gasteiger partial charge on any atom is -0.481 e. The molecule has 70 valence electrons. The SMILES string of the molecule is CO[C@@H](C)C1(C(=O)O)CCCC1. The number of methoxy groups -OCH3 is 1. The lowest BCUT2D eigenvalue weighted by atomic mass is 9.81. The first-order valence-corrected chi connectivity index (χ1v) is 4.39. The summed E-state index contributed by atoms with van der Waals surface area (Å²) in [6, 6.07) is 0. The first kappa shape index (κ1) is 9.52. The van der Waals surface area contributed by atoms with Crippen molar-refractivity contribution in [3.05, 3.63) is 0 Å². The molecule has 0 heterocycles. The van der Waals surface area contributed by atoms with Crippen LogP contribution in [0.25, 0.3) is 0 Å². The lowest BCUT2D eigenvalue weighted by Crippen LogP contribution is -2.39. The molecule has 1 fully saturated rings. The topological polar surface area (TPSA) is 46.5 Å². The Hall–Kier alpha value is -0.570. The maximum Gasteiger partial charge on any atom is 0.312 e. The van der Waals surface area contributed by atoms with E-state index < -0.39 is 11.4 Å². The first-order chi connectivity index (χ1) is 5.63. The molecule has 0 aromatic heterocycles. The van der Waals surface area contributed by atoms with Crippen molar-refractivity contribution < 1.29 is 14.6 Å². The van der Waals surface area contributed by atoms with Gasteiger partial charge in [0.1, 0.15) is 0 Å². The van der Waals surface area contributed by atoms with Gasteiger partial charge in [-0.1, -0.05) is 12.8 Å². The summed E-state index contributed by atoms with van der Waals surface area (Å²) in [6.07, 6.45) is 3.38. The quantitative estimate of drug-likeness (QED) is 0.704. The summed E-state index contributed by atoms with van der Waals surface area (Å²) in [7, 11) is 1.58. The maximum atomic E-state index is 11.0. The van der Waals surface area contributed by atoms with Crippen LogP contribution in [0.4, 0.5) is 0 Å². The van der Waals surface area contributed by atoms with Gasteiger partial charge in [0.25, 0.3) is 0 Å². The number of hydrogen-bond donors (Lipinski definition) is 1. The third-order valence-electron chi connectivity index (χ3n) is 3.05. The molecule has 0 aromatic carbocycles. The lowest BCUT2D eigenvalue weighted by Gasteiger charge is -2.29. The van der Waals surface area contributed by atoms with Crippen molar-refractivity contribution in [1.29, 1.82) is 0 Å². The van der Waals surface area contributed by atoms with Gasteiger partial charge in [-0.25, -0.2) is 0 Å². The minimum absolute atomic E-state index is 0.169. The Morgan fingerprint density at radius 3 is 2.33 bits per heavy atom. The fourth-order valence-corrected chi connectivity index (χ4v) is 2.03. The summed E-state index contributed by atoms with van der Waals surface area (Å²) < 4.78 is 5.12. The number of aliphatic carboxylic acids is 1. The van der Waals surface area contributed by atoms with Crippen LogP contribution in [0.1, 0.15) is 32.6 Å². The Morgan fingerprint density at radius 1 is 1.50 bits per heavy atom. The van der Waals surface area contributed by atoms with E-state index in [1.165, 1.54) is 0 Å². The van der Waals surface area contributed by atoms with Gasteiger partial charge in [0.15, 0.2) is 0 Å². The number of carboxylic acid groups (broad SMARTS) is 1. The van der Waals surface area contributed by atoms with E-state index >= 15 is 0 Å². The fraction of sp³-hybridized carbons (Fsp3) is 0.889. The van der Waals surface area contributed by atoms with Gasteiger partial charge < -0.3 is 9.84 Å². The average molecular weight is 172 g/mol. The molecule has 1 aliphatic rings. The van der Waals surface area contributed by atoms with E-state index in [1.54, 1.807) is 7.11 Å². The number of carboxylic acids is 1. The van der Waals surface area contributed by atoms with Gasteiger partial charge in [0.05, 0.1) is 11.5 Å². The molecule has 0 unspecified atom stereocenters. The van der Waals surface area contributed by atoms with E-state index in [-0.39, 0.29) is 6.10 Å². The molecule has 1 atom stereocenters. The van der Waals surface area contributed by atoms with Crippen LogP contribution in [0.5, 0.6) is 0 Å². The first-order valence-electron chi connectivity index (χ1n) is 4.39. The molecular formula is C9H16O3. The summed E-state index contributed by atoms with van der Waals surface area (Å²) in [4.78, 5) is 11.0. The zero-order valence-corrected chi connectivity index (χ0v) is 7.67. The molecule has 12 heavy (non-hydrogen) atoms. The molecule has 1 N–H and O–H groups in total. The molecule has 0 bridgehead atoms. The molecule has 1 rings (SSSR count). The van der Waals surface area contributed by atoms with Crippen molar-refractivity contribution >= 4 is 5.97 Å². The van der Waals surface area contributed by atoms with Crippen LogP contribution in [-0.4, -0.2) is 24.3 Å². The summed E-state index contributed by atoms with van der Waals surface area (Å²) >= 11 is 0. The number of rotatable bonds is 3. The van der Waals surface area contributed by atoms with Crippen molar-refractivity contribution in [3.63, 3.8) is 0 Å². The molecule has 0 aromatic rings. The molecule has 0 spiro atoms. The average Bonchev–Trinajstić information content (AvgIpc) is 2.52. The monoisotopic (exact) mass is 172 g/mol. The smallest absolute Gasteiger partial charge is 0.312 e. The number of hydrogen-bond acceptors (Lipinski definition) is 2. The molecule has 1 saturated carbocycles. The molecule has 0 aliphatic heterocycles. The summed E-state index contributed by atoms with van der Waals surface area (Å²) in [5, 5.41) is 9.09. The molecule has 3 heteroatoms. The predicted molar refractivity (Wildman–Crippen MR) is 45.0 cm³/mol. The van der Waals surface area contributed by atoms with E-state index in [2.05, 4.69) is 0 Å². The normalized spacial score (nSPS) is 23.8. The fourth-order valence-electron chi connectivity index (χ4n) is 2.03. The highest BCUT2D eigenvalue weighted by atomic mass is 16.5. The standard InChI is InChI=1S/C9H16O3/c1-7(12-2)9(8(10)11)5-3-4-6-9/h7H,3-6H2,1-2H3,(H,10,11)/t7-/m0/s1. The van der Waals surface area contributed by atoms with Crippen LogP contribution in [0.2, 0.25) is 0 Å².